The molecule has 1 aliphatic heterocycles. The van der Waals surface area contributed by atoms with Crippen molar-refractivity contribution >= 4 is 15.7 Å². The van der Waals surface area contributed by atoms with Crippen LogP contribution in [0.1, 0.15) is 37.0 Å². The van der Waals surface area contributed by atoms with Gasteiger partial charge in [-0.3, -0.25) is 4.79 Å². The minimum Gasteiger partial charge on any atom is -0.349 e. The second kappa shape index (κ2) is 7.24. The number of nitrogens with one attached hydrogen (secondary N) is 2. The van der Waals surface area contributed by atoms with E-state index < -0.39 is 9.84 Å². The van der Waals surface area contributed by atoms with Gasteiger partial charge in [0, 0.05) is 6.04 Å². The summed E-state index contributed by atoms with van der Waals surface area (Å²) in [5.74, 6) is 0.0901. The van der Waals surface area contributed by atoms with E-state index in [2.05, 4.69) is 17.6 Å². The van der Waals surface area contributed by atoms with Crippen molar-refractivity contribution in [1.82, 2.24) is 10.6 Å². The number of sulfone groups is 1. The van der Waals surface area contributed by atoms with Crippen molar-refractivity contribution in [3.8, 4) is 0 Å². The molecule has 2 rings (SSSR count). The number of rotatable bonds is 5. The highest BCUT2D eigenvalue weighted by molar-refractivity contribution is 7.91. The lowest BCUT2D eigenvalue weighted by atomic mass is 9.95. The van der Waals surface area contributed by atoms with Crippen LogP contribution in [0.3, 0.4) is 0 Å². The van der Waals surface area contributed by atoms with Crippen molar-refractivity contribution in [2.45, 2.75) is 37.6 Å². The van der Waals surface area contributed by atoms with Crippen molar-refractivity contribution < 1.29 is 13.2 Å². The van der Waals surface area contributed by atoms with Crippen molar-refractivity contribution in [2.24, 2.45) is 5.92 Å². The van der Waals surface area contributed by atoms with Gasteiger partial charge in [0.05, 0.1) is 16.2 Å². The summed E-state index contributed by atoms with van der Waals surface area (Å²) in [5.41, 5.74) is 0.252. The molecule has 1 amide bonds. The maximum atomic E-state index is 12.5. The molecule has 0 spiro atoms. The smallest absolute Gasteiger partial charge is 0.252 e. The van der Waals surface area contributed by atoms with Crippen molar-refractivity contribution in [3.63, 3.8) is 0 Å². The van der Waals surface area contributed by atoms with Gasteiger partial charge in [0.25, 0.3) is 5.91 Å². The normalized spacial score (nSPS) is 22.3. The molecule has 1 fully saturated rings. The average molecular weight is 324 g/mol. The van der Waals surface area contributed by atoms with E-state index >= 15 is 0 Å². The van der Waals surface area contributed by atoms with E-state index in [1.54, 1.807) is 18.2 Å². The summed E-state index contributed by atoms with van der Waals surface area (Å²) in [5, 5.41) is 6.28. The monoisotopic (exact) mass is 324 g/mol. The van der Waals surface area contributed by atoms with Crippen LogP contribution in [0.4, 0.5) is 0 Å². The third-order valence-electron chi connectivity index (χ3n) is 4.04. The molecule has 2 unspecified atom stereocenters. The second-order valence-corrected chi connectivity index (χ2v) is 7.94. The Bertz CT molecular complexity index is 628. The summed E-state index contributed by atoms with van der Waals surface area (Å²) in [6.45, 7) is 5.62. The lowest BCUT2D eigenvalue weighted by molar-refractivity contribution is 0.0911. The van der Waals surface area contributed by atoms with Gasteiger partial charge in [-0.1, -0.05) is 26.0 Å². The highest BCUT2D eigenvalue weighted by atomic mass is 32.2. The highest BCUT2D eigenvalue weighted by Crippen LogP contribution is 2.19. The van der Waals surface area contributed by atoms with Crippen LogP contribution < -0.4 is 10.6 Å². The standard InChI is InChI=1S/C16H24N2O3S/c1-3-10-22(20,21)15-7-5-4-6-13(15)16(19)18-14-8-9-17-11-12(14)2/h4-7,12,14,17H,3,8-11H2,1-2H3,(H,18,19). The van der Waals surface area contributed by atoms with E-state index in [-0.39, 0.29) is 28.2 Å². The van der Waals surface area contributed by atoms with Crippen molar-refractivity contribution in [1.29, 1.82) is 0 Å². The number of hydrogen-bond acceptors (Lipinski definition) is 4. The van der Waals surface area contributed by atoms with E-state index in [9.17, 15) is 13.2 Å². The Morgan fingerprint density at radius 3 is 2.77 bits per heavy atom. The molecule has 6 heteroatoms. The fourth-order valence-electron chi connectivity index (χ4n) is 2.78. The molecule has 0 bridgehead atoms. The molecule has 1 saturated heterocycles. The molecule has 2 atom stereocenters. The Balaban J connectivity index is 2.23. The topological polar surface area (TPSA) is 75.3 Å². The lowest BCUT2D eigenvalue weighted by Crippen LogP contribution is -2.48. The fraction of sp³-hybridized carbons (Fsp3) is 0.562. The lowest BCUT2D eigenvalue weighted by Gasteiger charge is -2.30. The van der Waals surface area contributed by atoms with Gasteiger partial charge in [0.1, 0.15) is 0 Å². The fourth-order valence-corrected chi connectivity index (χ4v) is 4.32. The summed E-state index contributed by atoms with van der Waals surface area (Å²) in [4.78, 5) is 12.7. The van der Waals surface area contributed by atoms with Gasteiger partial charge in [-0.05, 0) is 44.0 Å². The number of piperidine rings is 1. The largest absolute Gasteiger partial charge is 0.349 e. The molecular formula is C16H24N2O3S. The second-order valence-electron chi connectivity index (χ2n) is 5.87. The van der Waals surface area contributed by atoms with Crippen LogP contribution in [0, 0.1) is 5.92 Å². The molecule has 2 N–H and O–H groups in total. The summed E-state index contributed by atoms with van der Waals surface area (Å²) in [6.07, 6.45) is 1.39. The number of carbonyl (C=O) groups is 1. The van der Waals surface area contributed by atoms with Crippen LogP contribution in [0.5, 0.6) is 0 Å². The zero-order valence-corrected chi connectivity index (χ0v) is 13.9. The van der Waals surface area contributed by atoms with E-state index in [1.807, 2.05) is 6.92 Å². The first-order valence-electron chi connectivity index (χ1n) is 7.79. The molecule has 1 aromatic rings. The summed E-state index contributed by atoms with van der Waals surface area (Å²) in [7, 11) is -3.41. The Labute approximate surface area is 132 Å². The molecular weight excluding hydrogens is 300 g/mol. The highest BCUT2D eigenvalue weighted by Gasteiger charge is 2.26. The first-order chi connectivity index (χ1) is 10.5. The van der Waals surface area contributed by atoms with Crippen LogP contribution in [0.15, 0.2) is 29.2 Å². The predicted molar refractivity (Wildman–Crippen MR) is 86.7 cm³/mol. The zero-order chi connectivity index (χ0) is 16.2. The minimum atomic E-state index is -3.41. The number of hydrogen-bond donors (Lipinski definition) is 2. The van der Waals surface area contributed by atoms with Crippen LogP contribution in [0.2, 0.25) is 0 Å². The minimum absolute atomic E-state index is 0.0566. The van der Waals surface area contributed by atoms with Gasteiger partial charge >= 0.3 is 0 Å². The van der Waals surface area contributed by atoms with Gasteiger partial charge in [-0.15, -0.1) is 0 Å². The van der Waals surface area contributed by atoms with Gasteiger partial charge in [-0.2, -0.15) is 0 Å². The van der Waals surface area contributed by atoms with E-state index in [0.717, 1.165) is 19.5 Å². The molecule has 0 aliphatic carbocycles. The maximum absolute atomic E-state index is 12.5. The first kappa shape index (κ1) is 17.0. The molecule has 0 saturated carbocycles. The predicted octanol–water partition coefficient (Wildman–Crippen LogP) is 1.60. The molecule has 1 aromatic carbocycles. The number of benzene rings is 1. The molecule has 5 nitrogen and oxygen atoms in total. The van der Waals surface area contributed by atoms with Gasteiger partial charge in [-0.25, -0.2) is 8.42 Å². The van der Waals surface area contributed by atoms with E-state index in [4.69, 9.17) is 0 Å². The molecule has 1 heterocycles. The summed E-state index contributed by atoms with van der Waals surface area (Å²) in [6, 6.07) is 6.55. The third-order valence-corrected chi connectivity index (χ3v) is 6.01. The molecule has 1 aliphatic rings. The Morgan fingerprint density at radius 2 is 2.09 bits per heavy atom. The molecule has 122 valence electrons. The van der Waals surface area contributed by atoms with E-state index in [1.165, 1.54) is 6.07 Å². The van der Waals surface area contributed by atoms with E-state index in [0.29, 0.717) is 12.3 Å². The Kier molecular flexibility index (Phi) is 5.58. The van der Waals surface area contributed by atoms with Gasteiger partial charge in [0.15, 0.2) is 9.84 Å². The molecule has 0 aromatic heterocycles. The molecule has 22 heavy (non-hydrogen) atoms. The zero-order valence-electron chi connectivity index (χ0n) is 13.1. The van der Waals surface area contributed by atoms with Crippen LogP contribution in [-0.2, 0) is 9.84 Å². The number of amides is 1. The van der Waals surface area contributed by atoms with Crippen LogP contribution in [0.25, 0.3) is 0 Å². The third kappa shape index (κ3) is 3.87. The quantitative estimate of drug-likeness (QED) is 0.862. The maximum Gasteiger partial charge on any atom is 0.252 e. The SMILES string of the molecule is CCCS(=O)(=O)c1ccccc1C(=O)NC1CCNCC1C. The van der Waals surface area contributed by atoms with Crippen LogP contribution in [-0.4, -0.2) is 39.2 Å². The van der Waals surface area contributed by atoms with Gasteiger partial charge < -0.3 is 10.6 Å². The van der Waals surface area contributed by atoms with Crippen LogP contribution >= 0.6 is 0 Å². The van der Waals surface area contributed by atoms with Gasteiger partial charge in [0.2, 0.25) is 0 Å². The Morgan fingerprint density at radius 1 is 1.36 bits per heavy atom. The Hall–Kier alpha value is -1.40. The molecule has 0 radical (unpaired) electrons. The van der Waals surface area contributed by atoms with Crippen molar-refractivity contribution in [2.75, 3.05) is 18.8 Å². The number of carbonyl (C=O) groups excluding carboxylic acids is 1. The first-order valence-corrected chi connectivity index (χ1v) is 9.44. The summed E-state index contributed by atoms with van der Waals surface area (Å²) >= 11 is 0. The summed E-state index contributed by atoms with van der Waals surface area (Å²) < 4.78 is 24.6. The average Bonchev–Trinajstić information content (AvgIpc) is 2.49. The van der Waals surface area contributed by atoms with Crippen molar-refractivity contribution in [3.05, 3.63) is 29.8 Å².